The Labute approximate surface area is 145 Å². The van der Waals surface area contributed by atoms with E-state index >= 15 is 0 Å². The predicted molar refractivity (Wildman–Crippen MR) is 87.3 cm³/mol. The molecule has 136 valence electrons. The first kappa shape index (κ1) is 17.2. The number of hydrogen-bond acceptors (Lipinski definition) is 8. The zero-order valence-electron chi connectivity index (χ0n) is 14.2. The highest BCUT2D eigenvalue weighted by Crippen LogP contribution is 2.41. The van der Waals surface area contributed by atoms with Crippen LogP contribution in [0.15, 0.2) is 6.07 Å². The van der Waals surface area contributed by atoms with Crippen LogP contribution < -0.4 is 16.2 Å². The van der Waals surface area contributed by atoms with Gasteiger partial charge < -0.3 is 14.9 Å². The Balaban J connectivity index is 1.77. The number of carbonyl (C=O) groups is 2. The SMILES string of the molecule is CCOC(=O)NNc1cc2c(nn1)CC1CCCC2N1OC(=O)NC. The minimum atomic E-state index is -0.593. The maximum Gasteiger partial charge on any atom is 0.426 e. The van der Waals surface area contributed by atoms with Gasteiger partial charge in [0.15, 0.2) is 5.82 Å². The number of aromatic nitrogens is 2. The van der Waals surface area contributed by atoms with Crippen molar-refractivity contribution in [2.45, 2.75) is 44.7 Å². The fourth-order valence-electron chi connectivity index (χ4n) is 3.27. The van der Waals surface area contributed by atoms with Crippen molar-refractivity contribution in [2.24, 2.45) is 0 Å². The standard InChI is InChI=1S/C15H22N6O4/c1-3-24-15(23)20-19-13-8-10-11(17-18-13)7-9-5-4-6-12(10)21(9)25-14(22)16-2/h8-9,12H,3-7H2,1-2H3,(H,16,22)(H,18,19)(H,20,23). The summed E-state index contributed by atoms with van der Waals surface area (Å²) in [4.78, 5) is 28.5. The molecule has 3 rings (SSSR count). The molecule has 1 fully saturated rings. The smallest absolute Gasteiger partial charge is 0.426 e. The summed E-state index contributed by atoms with van der Waals surface area (Å²) in [6.45, 7) is 2.00. The number of amides is 2. The van der Waals surface area contributed by atoms with E-state index in [1.54, 1.807) is 12.0 Å². The molecule has 0 saturated carbocycles. The predicted octanol–water partition coefficient (Wildman–Crippen LogP) is 1.27. The molecular formula is C15H22N6O4. The summed E-state index contributed by atoms with van der Waals surface area (Å²) >= 11 is 0. The van der Waals surface area contributed by atoms with Gasteiger partial charge in [-0.25, -0.2) is 15.0 Å². The molecule has 1 aromatic heterocycles. The fourth-order valence-corrected chi connectivity index (χ4v) is 3.27. The van der Waals surface area contributed by atoms with Crippen LogP contribution in [0.25, 0.3) is 0 Å². The second-order valence-electron chi connectivity index (χ2n) is 5.90. The fraction of sp³-hybridized carbons (Fsp3) is 0.600. The van der Waals surface area contributed by atoms with E-state index in [-0.39, 0.29) is 18.7 Å². The largest absolute Gasteiger partial charge is 0.449 e. The molecule has 2 bridgehead atoms. The molecule has 2 atom stereocenters. The Hall–Kier alpha value is -2.62. The molecule has 10 heteroatoms. The molecule has 2 unspecified atom stereocenters. The molecule has 10 nitrogen and oxygen atoms in total. The van der Waals surface area contributed by atoms with Gasteiger partial charge in [0.2, 0.25) is 0 Å². The zero-order chi connectivity index (χ0) is 17.8. The van der Waals surface area contributed by atoms with Gasteiger partial charge in [0.1, 0.15) is 0 Å². The van der Waals surface area contributed by atoms with Crippen LogP contribution in [0.3, 0.4) is 0 Å². The normalized spacial score (nSPS) is 21.7. The lowest BCUT2D eigenvalue weighted by atomic mass is 9.84. The van der Waals surface area contributed by atoms with Crippen LogP contribution in [0.2, 0.25) is 0 Å². The molecule has 1 saturated heterocycles. The first-order valence-electron chi connectivity index (χ1n) is 8.35. The molecule has 2 amide bonds. The number of anilines is 1. The Kier molecular flexibility index (Phi) is 5.17. The highest BCUT2D eigenvalue weighted by molar-refractivity contribution is 5.69. The summed E-state index contributed by atoms with van der Waals surface area (Å²) < 4.78 is 4.78. The van der Waals surface area contributed by atoms with Crippen LogP contribution in [0.4, 0.5) is 15.4 Å². The number of hydrogen-bond donors (Lipinski definition) is 3. The number of carbonyl (C=O) groups excluding carboxylic acids is 2. The summed E-state index contributed by atoms with van der Waals surface area (Å²) in [7, 11) is 1.53. The van der Waals surface area contributed by atoms with E-state index in [1.807, 2.05) is 6.07 Å². The lowest BCUT2D eigenvalue weighted by Gasteiger charge is -2.43. The zero-order valence-corrected chi connectivity index (χ0v) is 14.2. The first-order chi connectivity index (χ1) is 12.1. The molecule has 0 aliphatic carbocycles. The molecular weight excluding hydrogens is 328 g/mol. The average molecular weight is 350 g/mol. The average Bonchev–Trinajstić information content (AvgIpc) is 2.60. The van der Waals surface area contributed by atoms with E-state index in [1.165, 1.54) is 7.05 Å². The van der Waals surface area contributed by atoms with E-state index in [0.29, 0.717) is 12.2 Å². The number of ether oxygens (including phenoxy) is 1. The third-order valence-corrected chi connectivity index (χ3v) is 4.33. The highest BCUT2D eigenvalue weighted by Gasteiger charge is 2.41. The number of piperidine rings is 1. The second-order valence-corrected chi connectivity index (χ2v) is 5.90. The summed E-state index contributed by atoms with van der Waals surface area (Å²) in [5.41, 5.74) is 6.92. The van der Waals surface area contributed by atoms with Gasteiger partial charge in [0.05, 0.1) is 24.4 Å². The molecule has 0 spiro atoms. The van der Waals surface area contributed by atoms with Crippen molar-refractivity contribution in [3.63, 3.8) is 0 Å². The molecule has 3 heterocycles. The van der Waals surface area contributed by atoms with E-state index < -0.39 is 12.2 Å². The minimum Gasteiger partial charge on any atom is -0.449 e. The third kappa shape index (κ3) is 3.73. The van der Waals surface area contributed by atoms with E-state index in [9.17, 15) is 9.59 Å². The Morgan fingerprint density at radius 3 is 2.92 bits per heavy atom. The number of nitrogens with zero attached hydrogens (tertiary/aromatic N) is 3. The second kappa shape index (κ2) is 7.51. The monoisotopic (exact) mass is 350 g/mol. The van der Waals surface area contributed by atoms with Crippen LogP contribution in [-0.2, 0) is 16.0 Å². The molecule has 25 heavy (non-hydrogen) atoms. The van der Waals surface area contributed by atoms with Crippen molar-refractivity contribution in [1.82, 2.24) is 26.0 Å². The van der Waals surface area contributed by atoms with Crippen LogP contribution in [0.5, 0.6) is 0 Å². The summed E-state index contributed by atoms with van der Waals surface area (Å²) in [6, 6.07) is 1.86. The van der Waals surface area contributed by atoms with Gasteiger partial charge in [0, 0.05) is 13.5 Å². The summed E-state index contributed by atoms with van der Waals surface area (Å²) in [5.74, 6) is 0.399. The number of hydroxylamine groups is 2. The van der Waals surface area contributed by atoms with Crippen molar-refractivity contribution < 1.29 is 19.2 Å². The maximum atomic E-state index is 11.7. The quantitative estimate of drug-likeness (QED) is 0.695. The summed E-state index contributed by atoms with van der Waals surface area (Å²) in [6.07, 6.45) is 2.44. The van der Waals surface area contributed by atoms with Gasteiger partial charge in [-0.05, 0) is 37.8 Å². The van der Waals surface area contributed by atoms with E-state index in [2.05, 4.69) is 26.4 Å². The molecule has 1 aromatic rings. The van der Waals surface area contributed by atoms with E-state index in [4.69, 9.17) is 9.57 Å². The van der Waals surface area contributed by atoms with Crippen molar-refractivity contribution in [3.8, 4) is 0 Å². The van der Waals surface area contributed by atoms with Gasteiger partial charge in [-0.15, -0.1) is 10.2 Å². The van der Waals surface area contributed by atoms with Crippen molar-refractivity contribution in [2.75, 3.05) is 19.1 Å². The number of nitrogens with one attached hydrogen (secondary N) is 3. The van der Waals surface area contributed by atoms with Crippen LogP contribution in [0.1, 0.15) is 43.5 Å². The number of rotatable bonds is 4. The Bertz CT molecular complexity index is 655. The molecule has 0 radical (unpaired) electrons. The van der Waals surface area contributed by atoms with E-state index in [0.717, 1.165) is 30.5 Å². The van der Waals surface area contributed by atoms with Crippen molar-refractivity contribution >= 4 is 18.0 Å². The van der Waals surface area contributed by atoms with Crippen LogP contribution in [-0.4, -0.2) is 47.1 Å². The topological polar surface area (TPSA) is 118 Å². The van der Waals surface area contributed by atoms with Crippen molar-refractivity contribution in [3.05, 3.63) is 17.3 Å². The number of fused-ring (bicyclic) bond motifs is 4. The Morgan fingerprint density at radius 1 is 1.32 bits per heavy atom. The molecule has 2 aliphatic heterocycles. The molecule has 2 aliphatic rings. The van der Waals surface area contributed by atoms with Gasteiger partial charge >= 0.3 is 12.2 Å². The maximum absolute atomic E-state index is 11.7. The molecule has 3 N–H and O–H groups in total. The van der Waals surface area contributed by atoms with Gasteiger partial charge in [-0.3, -0.25) is 5.43 Å². The highest BCUT2D eigenvalue weighted by atomic mass is 16.7. The van der Waals surface area contributed by atoms with Crippen LogP contribution >= 0.6 is 0 Å². The Morgan fingerprint density at radius 2 is 2.16 bits per heavy atom. The lowest BCUT2D eigenvalue weighted by molar-refractivity contribution is -0.185. The summed E-state index contributed by atoms with van der Waals surface area (Å²) in [5, 5.41) is 12.6. The van der Waals surface area contributed by atoms with Gasteiger partial charge in [0.25, 0.3) is 0 Å². The third-order valence-electron chi connectivity index (χ3n) is 4.33. The van der Waals surface area contributed by atoms with Crippen LogP contribution in [0, 0.1) is 0 Å². The van der Waals surface area contributed by atoms with Crippen molar-refractivity contribution in [1.29, 1.82) is 0 Å². The number of hydrazine groups is 1. The first-order valence-corrected chi connectivity index (χ1v) is 8.35. The lowest BCUT2D eigenvalue weighted by Crippen LogP contribution is -2.49. The molecule has 0 aromatic carbocycles. The minimum absolute atomic E-state index is 0.0709. The van der Waals surface area contributed by atoms with Gasteiger partial charge in [-0.1, -0.05) is 0 Å². The van der Waals surface area contributed by atoms with Gasteiger partial charge in [-0.2, -0.15) is 5.10 Å².